The summed E-state index contributed by atoms with van der Waals surface area (Å²) in [7, 11) is 0. The minimum Gasteiger partial charge on any atom is -0.367 e. The molecule has 5 nitrogen and oxygen atoms in total. The molecule has 0 fully saturated rings. The van der Waals surface area contributed by atoms with Crippen LogP contribution >= 0.6 is 23.2 Å². The Balaban J connectivity index is 2.18. The van der Waals surface area contributed by atoms with Gasteiger partial charge in [0.25, 0.3) is 0 Å². The SMILES string of the molecule is CCCC/C(=N\N=C(/N)N/N=C(\CCCC)c1ccc(Cl)cc1)c1ccc(Cl)cc1. The Kier molecular flexibility index (Phi) is 10.4. The Morgan fingerprint density at radius 2 is 1.23 bits per heavy atom. The fourth-order valence-corrected chi connectivity index (χ4v) is 3.00. The molecule has 3 N–H and O–H groups in total. The third-order valence-corrected chi connectivity index (χ3v) is 4.98. The second-order valence-electron chi connectivity index (χ2n) is 6.92. The van der Waals surface area contributed by atoms with Crippen LogP contribution < -0.4 is 11.2 Å². The van der Waals surface area contributed by atoms with E-state index < -0.39 is 0 Å². The van der Waals surface area contributed by atoms with Gasteiger partial charge in [0.05, 0.1) is 11.4 Å². The van der Waals surface area contributed by atoms with Gasteiger partial charge in [-0.3, -0.25) is 0 Å². The molecule has 0 saturated heterocycles. The lowest BCUT2D eigenvalue weighted by Crippen LogP contribution is -2.28. The monoisotopic (exact) mass is 445 g/mol. The van der Waals surface area contributed by atoms with Gasteiger partial charge in [0.15, 0.2) is 0 Å². The molecule has 160 valence electrons. The summed E-state index contributed by atoms with van der Waals surface area (Å²) >= 11 is 12.0. The van der Waals surface area contributed by atoms with Gasteiger partial charge >= 0.3 is 0 Å². The molecule has 0 saturated carbocycles. The molecule has 7 heteroatoms. The molecule has 0 spiro atoms. The van der Waals surface area contributed by atoms with Gasteiger partial charge in [0.1, 0.15) is 0 Å². The average Bonchev–Trinajstić information content (AvgIpc) is 2.75. The number of rotatable bonds is 10. The highest BCUT2D eigenvalue weighted by Crippen LogP contribution is 2.14. The van der Waals surface area contributed by atoms with Crippen LogP contribution in [0, 0.1) is 0 Å². The molecule has 0 aliphatic heterocycles. The second kappa shape index (κ2) is 13.0. The molecule has 30 heavy (non-hydrogen) atoms. The first-order chi connectivity index (χ1) is 14.5. The number of unbranched alkanes of at least 4 members (excludes halogenated alkanes) is 2. The van der Waals surface area contributed by atoms with Gasteiger partial charge in [-0.25, -0.2) is 5.43 Å². The molecule has 0 amide bonds. The number of nitrogens with one attached hydrogen (secondary N) is 1. The number of hydrogen-bond acceptors (Lipinski definition) is 3. The number of halogens is 2. The van der Waals surface area contributed by atoms with Crippen molar-refractivity contribution in [3.63, 3.8) is 0 Å². The zero-order valence-electron chi connectivity index (χ0n) is 17.5. The van der Waals surface area contributed by atoms with Crippen molar-refractivity contribution in [2.75, 3.05) is 0 Å². The molecular formula is C23H29Cl2N5. The predicted octanol–water partition coefficient (Wildman–Crippen LogP) is 6.39. The number of hydrazone groups is 1. The molecule has 0 atom stereocenters. The Morgan fingerprint density at radius 3 is 1.73 bits per heavy atom. The maximum absolute atomic E-state index is 6.01. The van der Waals surface area contributed by atoms with Crippen LogP contribution in [0.15, 0.2) is 63.8 Å². The van der Waals surface area contributed by atoms with E-state index in [-0.39, 0.29) is 5.96 Å². The van der Waals surface area contributed by atoms with Crippen LogP contribution in [-0.4, -0.2) is 17.4 Å². The van der Waals surface area contributed by atoms with Crippen molar-refractivity contribution in [1.29, 1.82) is 0 Å². The summed E-state index contributed by atoms with van der Waals surface area (Å²) in [4.78, 5) is 0. The zero-order valence-corrected chi connectivity index (χ0v) is 19.0. The number of hydrogen-bond donors (Lipinski definition) is 2. The molecule has 0 aromatic heterocycles. The summed E-state index contributed by atoms with van der Waals surface area (Å²) in [6, 6.07) is 15.2. The van der Waals surface area contributed by atoms with E-state index in [2.05, 4.69) is 34.6 Å². The molecule has 0 aliphatic rings. The zero-order chi connectivity index (χ0) is 21.8. The summed E-state index contributed by atoms with van der Waals surface area (Å²) in [6.45, 7) is 4.29. The first-order valence-electron chi connectivity index (χ1n) is 10.3. The highest BCUT2D eigenvalue weighted by atomic mass is 35.5. The maximum atomic E-state index is 6.01. The Bertz CT molecular complexity index is 871. The molecule has 2 aromatic carbocycles. The van der Waals surface area contributed by atoms with Crippen molar-refractivity contribution in [2.24, 2.45) is 21.0 Å². The van der Waals surface area contributed by atoms with Crippen LogP contribution in [0.1, 0.15) is 63.5 Å². The van der Waals surface area contributed by atoms with Crippen LogP contribution in [0.25, 0.3) is 0 Å². The lowest BCUT2D eigenvalue weighted by molar-refractivity contribution is 0.826. The Labute approximate surface area is 189 Å². The molecule has 2 rings (SSSR count). The van der Waals surface area contributed by atoms with Crippen LogP contribution in [0.3, 0.4) is 0 Å². The van der Waals surface area contributed by atoms with E-state index in [4.69, 9.17) is 28.9 Å². The molecule has 0 aliphatic carbocycles. The van der Waals surface area contributed by atoms with Crippen molar-refractivity contribution in [3.8, 4) is 0 Å². The van der Waals surface area contributed by atoms with E-state index in [0.29, 0.717) is 10.0 Å². The highest BCUT2D eigenvalue weighted by molar-refractivity contribution is 6.31. The third kappa shape index (κ3) is 8.17. The third-order valence-electron chi connectivity index (χ3n) is 4.47. The van der Waals surface area contributed by atoms with Gasteiger partial charge in [0, 0.05) is 10.0 Å². The maximum Gasteiger partial charge on any atom is 0.234 e. The van der Waals surface area contributed by atoms with Crippen molar-refractivity contribution < 1.29 is 0 Å². The van der Waals surface area contributed by atoms with Gasteiger partial charge in [-0.1, -0.05) is 74.2 Å². The smallest absolute Gasteiger partial charge is 0.234 e. The molecular weight excluding hydrogens is 417 g/mol. The normalized spacial score (nSPS) is 12.9. The summed E-state index contributed by atoms with van der Waals surface area (Å²) < 4.78 is 0. The van der Waals surface area contributed by atoms with Crippen LogP contribution in [-0.2, 0) is 0 Å². The lowest BCUT2D eigenvalue weighted by Gasteiger charge is -2.08. The number of nitrogens with zero attached hydrogens (tertiary/aromatic N) is 3. The molecule has 0 unspecified atom stereocenters. The Morgan fingerprint density at radius 1 is 0.767 bits per heavy atom. The first kappa shape index (κ1) is 23.9. The van der Waals surface area contributed by atoms with Crippen LogP contribution in [0.5, 0.6) is 0 Å². The fraction of sp³-hybridized carbons (Fsp3) is 0.348. The van der Waals surface area contributed by atoms with Gasteiger partial charge in [-0.15, -0.1) is 5.10 Å². The highest BCUT2D eigenvalue weighted by Gasteiger charge is 2.06. The predicted molar refractivity (Wildman–Crippen MR) is 130 cm³/mol. The second-order valence-corrected chi connectivity index (χ2v) is 7.80. The summed E-state index contributed by atoms with van der Waals surface area (Å²) in [5.74, 6) is 0.140. The fourth-order valence-electron chi connectivity index (χ4n) is 2.75. The van der Waals surface area contributed by atoms with Crippen molar-refractivity contribution in [2.45, 2.75) is 52.4 Å². The topological polar surface area (TPSA) is 75.1 Å². The average molecular weight is 446 g/mol. The molecule has 0 heterocycles. The molecule has 2 aromatic rings. The Hall–Kier alpha value is -2.37. The van der Waals surface area contributed by atoms with Crippen LogP contribution in [0.4, 0.5) is 0 Å². The summed E-state index contributed by atoms with van der Waals surface area (Å²) in [5, 5.41) is 14.4. The van der Waals surface area contributed by atoms with E-state index >= 15 is 0 Å². The number of benzene rings is 2. The van der Waals surface area contributed by atoms with Crippen molar-refractivity contribution in [3.05, 3.63) is 69.7 Å². The van der Waals surface area contributed by atoms with Crippen molar-refractivity contribution in [1.82, 2.24) is 5.43 Å². The van der Waals surface area contributed by atoms with Gasteiger partial charge in [0.2, 0.25) is 5.96 Å². The summed E-state index contributed by atoms with van der Waals surface area (Å²) in [6.07, 6.45) is 5.81. The van der Waals surface area contributed by atoms with Gasteiger partial charge in [-0.2, -0.15) is 10.2 Å². The van der Waals surface area contributed by atoms with Crippen LogP contribution in [0.2, 0.25) is 10.0 Å². The van der Waals surface area contributed by atoms with E-state index in [1.807, 2.05) is 48.5 Å². The minimum atomic E-state index is 0.140. The number of guanidine groups is 1. The van der Waals surface area contributed by atoms with E-state index in [1.54, 1.807) is 0 Å². The minimum absolute atomic E-state index is 0.140. The summed E-state index contributed by atoms with van der Waals surface area (Å²) in [5.41, 5.74) is 12.6. The van der Waals surface area contributed by atoms with E-state index in [9.17, 15) is 0 Å². The standard InChI is InChI=1S/C23H29Cl2N5/c1-3-5-7-21(17-9-13-19(24)14-10-17)27-29-23(26)30-28-22(8-6-4-2)18-11-15-20(25)16-12-18/h9-16H,3-8H2,1-2H3,(H3,26,29,30)/b27-21+,28-22+. The largest absolute Gasteiger partial charge is 0.367 e. The van der Waals surface area contributed by atoms with E-state index in [0.717, 1.165) is 61.1 Å². The lowest BCUT2D eigenvalue weighted by atomic mass is 10.1. The quantitative estimate of drug-likeness (QED) is 0.252. The number of nitrogens with two attached hydrogens (primary N) is 1. The van der Waals surface area contributed by atoms with E-state index in [1.165, 1.54) is 0 Å². The first-order valence-corrected chi connectivity index (χ1v) is 11.0. The van der Waals surface area contributed by atoms with Gasteiger partial charge < -0.3 is 5.73 Å². The molecule has 0 bridgehead atoms. The molecule has 0 radical (unpaired) electrons. The van der Waals surface area contributed by atoms with Gasteiger partial charge in [-0.05, 0) is 61.1 Å². The van der Waals surface area contributed by atoms with Crippen molar-refractivity contribution >= 4 is 40.6 Å².